The van der Waals surface area contributed by atoms with Crippen LogP contribution in [0.2, 0.25) is 0 Å². The van der Waals surface area contributed by atoms with Crippen molar-refractivity contribution in [2.24, 2.45) is 35.1 Å². The number of hydrogen-bond acceptors (Lipinski definition) is 14. The van der Waals surface area contributed by atoms with Crippen LogP contribution in [-0.2, 0) is 83.2 Å². The van der Waals surface area contributed by atoms with Crippen molar-refractivity contribution in [2.75, 3.05) is 26.2 Å². The van der Waals surface area contributed by atoms with Crippen LogP contribution < -0.4 is 64.6 Å². The third-order valence-electron chi connectivity index (χ3n) is 19.1. The van der Waals surface area contributed by atoms with Crippen LogP contribution in [0.4, 0.5) is 0 Å². The number of fused-ring (bicyclic) bond motifs is 2. The monoisotopic (exact) mass is 1430 g/mol. The minimum Gasteiger partial charge on any atom is -0.343 e. The Balaban J connectivity index is 1.29. The second kappa shape index (κ2) is 40.5. The molecule has 104 heavy (non-hydrogen) atoms. The van der Waals surface area contributed by atoms with Crippen molar-refractivity contribution >= 4 is 70.9 Å². The highest BCUT2D eigenvalue weighted by molar-refractivity contribution is 6.01. The van der Waals surface area contributed by atoms with Gasteiger partial charge in [0.15, 0.2) is 0 Å². The molecule has 0 saturated carbocycles. The van der Waals surface area contributed by atoms with Crippen molar-refractivity contribution in [3.63, 3.8) is 0 Å². The van der Waals surface area contributed by atoms with Gasteiger partial charge in [0, 0.05) is 38.8 Å². The average molecular weight is 1440 g/mol. The first-order valence-corrected chi connectivity index (χ1v) is 37.0. The number of hydrogen-bond donors (Lipinski definition) is 12. The predicted molar refractivity (Wildman–Crippen MR) is 395 cm³/mol. The summed E-state index contributed by atoms with van der Waals surface area (Å²) in [7, 11) is 0. The number of nitrogens with zero attached hydrogens (tertiary/aromatic N) is 2. The number of carbonyl (C=O) groups excluding carboxylic acids is 12. The molecule has 3 aliphatic rings. The lowest BCUT2D eigenvalue weighted by Gasteiger charge is -2.32. The van der Waals surface area contributed by atoms with Crippen LogP contribution >= 0.6 is 0 Å². The van der Waals surface area contributed by atoms with E-state index in [1.165, 1.54) is 9.80 Å². The second-order valence-corrected chi connectivity index (χ2v) is 29.2. The van der Waals surface area contributed by atoms with Gasteiger partial charge in [-0.25, -0.2) is 0 Å². The first-order valence-electron chi connectivity index (χ1n) is 37.0. The maximum absolute atomic E-state index is 15.1. The summed E-state index contributed by atoms with van der Waals surface area (Å²) in [6.45, 7) is 14.7. The Labute approximate surface area is 611 Å². The molecule has 0 radical (unpaired) electrons. The van der Waals surface area contributed by atoms with E-state index in [-0.39, 0.29) is 115 Å². The van der Waals surface area contributed by atoms with Crippen LogP contribution in [0.1, 0.15) is 142 Å². The molecule has 3 heterocycles. The summed E-state index contributed by atoms with van der Waals surface area (Å²) in [4.78, 5) is 182. The number of rotatable bonds is 20. The van der Waals surface area contributed by atoms with Gasteiger partial charge in [0.2, 0.25) is 70.9 Å². The SMILES string of the molecule is CC(C)C[C@@H]1NC(=O)[C@H](CCCN)NC(=O)[C@H](C(C)C)NC(=O)[C@@H](Cc2ccccc2)NC(=O)[C@@H](Cc2ccccc2)NC(=O)[C@@H]2CCCN2C(=O)[C@H](CC(C)C)NC(=O)[C@H](CCCN)NC(=O)[C@H](C(C)C)NC(=O)[C@@H](Cc2ccccc2)NC(=O)[C@@H](Cc2ccccc2)NC(=O)[C@@H]2CCCN2C1=O. The van der Waals surface area contributed by atoms with Gasteiger partial charge in [-0.3, -0.25) is 57.5 Å². The molecule has 12 atom stereocenters. The van der Waals surface area contributed by atoms with Crippen molar-refractivity contribution in [1.82, 2.24) is 63.0 Å². The maximum Gasteiger partial charge on any atom is 0.245 e. The molecule has 0 bridgehead atoms. The highest BCUT2D eigenvalue weighted by atomic mass is 16.2. The van der Waals surface area contributed by atoms with E-state index in [1.54, 1.807) is 149 Å². The van der Waals surface area contributed by atoms with Crippen LogP contribution in [0, 0.1) is 23.7 Å². The molecule has 26 heteroatoms. The van der Waals surface area contributed by atoms with Gasteiger partial charge in [-0.2, -0.15) is 0 Å². The molecule has 4 aromatic carbocycles. The molecular formula is C78H110N14O12. The fourth-order valence-electron chi connectivity index (χ4n) is 13.5. The molecule has 14 N–H and O–H groups in total. The van der Waals surface area contributed by atoms with E-state index in [0.717, 1.165) is 0 Å². The molecule has 0 spiro atoms. The Morgan fingerprint density at radius 3 is 0.846 bits per heavy atom. The summed E-state index contributed by atoms with van der Waals surface area (Å²) in [5, 5.41) is 28.7. The Hall–Kier alpha value is -9.56. The second-order valence-electron chi connectivity index (χ2n) is 29.2. The fourth-order valence-corrected chi connectivity index (χ4v) is 13.5. The molecular weight excluding hydrogens is 1320 g/mol. The third-order valence-corrected chi connectivity index (χ3v) is 19.1. The van der Waals surface area contributed by atoms with Crippen molar-refractivity contribution in [3.8, 4) is 0 Å². The van der Waals surface area contributed by atoms with Crippen LogP contribution in [0.3, 0.4) is 0 Å². The third kappa shape index (κ3) is 24.3. The quantitative estimate of drug-likeness (QED) is 0.0606. The summed E-state index contributed by atoms with van der Waals surface area (Å²) in [6, 6.07) is 20.3. The van der Waals surface area contributed by atoms with Gasteiger partial charge < -0.3 is 74.4 Å². The van der Waals surface area contributed by atoms with Crippen LogP contribution in [0.5, 0.6) is 0 Å². The van der Waals surface area contributed by atoms with Crippen molar-refractivity contribution in [1.29, 1.82) is 0 Å². The van der Waals surface area contributed by atoms with E-state index in [0.29, 0.717) is 35.1 Å². The molecule has 3 saturated heterocycles. The predicted octanol–water partition coefficient (Wildman–Crippen LogP) is 2.68. The number of amides is 12. The minimum atomic E-state index is -1.36. The lowest BCUT2D eigenvalue weighted by atomic mass is 9.98. The van der Waals surface area contributed by atoms with Gasteiger partial charge in [-0.15, -0.1) is 0 Å². The van der Waals surface area contributed by atoms with E-state index < -0.39 is 155 Å². The molecule has 26 nitrogen and oxygen atoms in total. The molecule has 4 aromatic rings. The number of benzene rings is 4. The highest BCUT2D eigenvalue weighted by Gasteiger charge is 2.44. The lowest BCUT2D eigenvalue weighted by molar-refractivity contribution is -0.143. The van der Waals surface area contributed by atoms with Crippen LogP contribution in [0.25, 0.3) is 0 Å². The first-order chi connectivity index (χ1) is 49.7. The number of carbonyl (C=O) groups is 12. The zero-order valence-electron chi connectivity index (χ0n) is 61.5. The zero-order valence-corrected chi connectivity index (χ0v) is 61.5. The van der Waals surface area contributed by atoms with Crippen LogP contribution in [0.15, 0.2) is 121 Å². The molecule has 7 rings (SSSR count). The number of nitrogens with one attached hydrogen (secondary N) is 10. The van der Waals surface area contributed by atoms with Gasteiger partial charge in [0.1, 0.15) is 72.5 Å². The van der Waals surface area contributed by atoms with Gasteiger partial charge in [-0.1, -0.05) is 177 Å². The first kappa shape index (κ1) is 81.7. The standard InChI is InChI=1S/C78H110N14O12/c1-47(2)41-61-77(103)91-39-23-35-63(91)73(99)85-57(43-51-25-13-9-14-26-51)69(95)83-60(46-54-31-19-12-20-32-54)72(98)90-66(50(7)8)76(102)82-56(34-22-38-80)68(94)88-62(42-48(3)4)78(104)92-40-24-36-64(92)74(100)86-58(44-52-27-15-10-16-28-52)70(96)84-59(45-53-29-17-11-18-30-53)71(97)89-65(49(5)6)75(101)81-55(33-21-37-79)67(93)87-61/h9-20,25-32,47-50,55-66H,21-24,33-46,79-80H2,1-8H3,(H,81,101)(H,82,102)(H,83,95)(H,84,96)(H,85,99)(H,86,100)(H,87,93)(H,88,94)(H,89,97)(H,90,98)/t55-,56-,57+,58+,59+,60+,61-,62-,63-,64-,65-,66-/m0/s1. The average Bonchev–Trinajstić information content (AvgIpc) is 1.53. The number of nitrogens with two attached hydrogens (primary N) is 2. The fraction of sp³-hybridized carbons (Fsp3) is 0.538. The molecule has 12 amide bonds. The summed E-state index contributed by atoms with van der Waals surface area (Å²) in [6.07, 6.45) is 1.72. The van der Waals surface area contributed by atoms with Crippen LogP contribution in [-0.4, -0.2) is 179 Å². The van der Waals surface area contributed by atoms with E-state index in [1.807, 2.05) is 27.7 Å². The Morgan fingerprint density at radius 1 is 0.327 bits per heavy atom. The molecule has 0 unspecified atom stereocenters. The van der Waals surface area contributed by atoms with E-state index in [9.17, 15) is 38.4 Å². The molecule has 0 aliphatic carbocycles. The lowest BCUT2D eigenvalue weighted by Crippen LogP contribution is -2.62. The minimum absolute atomic E-state index is 0.0235. The van der Waals surface area contributed by atoms with E-state index in [2.05, 4.69) is 53.2 Å². The normalized spacial score (nSPS) is 25.4. The van der Waals surface area contributed by atoms with Gasteiger partial charge in [-0.05, 0) is 123 Å². The van der Waals surface area contributed by atoms with Gasteiger partial charge >= 0.3 is 0 Å². The topological polar surface area (TPSA) is 384 Å². The van der Waals surface area contributed by atoms with Crippen molar-refractivity contribution < 1.29 is 57.5 Å². The molecule has 3 fully saturated rings. The highest BCUT2D eigenvalue weighted by Crippen LogP contribution is 2.25. The van der Waals surface area contributed by atoms with Gasteiger partial charge in [0.05, 0.1) is 0 Å². The zero-order chi connectivity index (χ0) is 75.6. The van der Waals surface area contributed by atoms with Gasteiger partial charge in [0.25, 0.3) is 0 Å². The summed E-state index contributed by atoms with van der Waals surface area (Å²) < 4.78 is 0. The van der Waals surface area contributed by atoms with E-state index in [4.69, 9.17) is 11.5 Å². The largest absolute Gasteiger partial charge is 0.343 e. The summed E-state index contributed by atoms with van der Waals surface area (Å²) in [5.41, 5.74) is 14.6. The maximum atomic E-state index is 15.1. The van der Waals surface area contributed by atoms with Crippen molar-refractivity contribution in [3.05, 3.63) is 144 Å². The molecule has 0 aromatic heterocycles. The molecule has 564 valence electrons. The summed E-state index contributed by atoms with van der Waals surface area (Å²) >= 11 is 0. The smallest absolute Gasteiger partial charge is 0.245 e. The van der Waals surface area contributed by atoms with E-state index >= 15 is 19.2 Å². The summed E-state index contributed by atoms with van der Waals surface area (Å²) in [5.74, 6) is -10.1. The van der Waals surface area contributed by atoms with Crippen molar-refractivity contribution in [2.45, 2.75) is 218 Å². The molecule has 3 aliphatic heterocycles. The Bertz CT molecular complexity index is 3300. The Kier molecular flexibility index (Phi) is 31.8. The Morgan fingerprint density at radius 2 is 0.577 bits per heavy atom.